The van der Waals surface area contributed by atoms with Gasteiger partial charge in [0.05, 0.1) is 28.5 Å². The zero-order valence-corrected chi connectivity index (χ0v) is 17.2. The van der Waals surface area contributed by atoms with E-state index in [0.717, 1.165) is 15.1 Å². The number of sulfone groups is 1. The average molecular weight is 432 g/mol. The number of rotatable bonds is 5. The van der Waals surface area contributed by atoms with Crippen LogP contribution in [0.4, 0.5) is 0 Å². The molecule has 0 saturated carbocycles. The molecule has 0 aromatic heterocycles. The molecule has 0 radical (unpaired) electrons. The van der Waals surface area contributed by atoms with Crippen molar-refractivity contribution >= 4 is 30.6 Å². The van der Waals surface area contributed by atoms with Crippen LogP contribution in [0.5, 0.6) is 0 Å². The highest BCUT2D eigenvalue weighted by molar-refractivity contribution is 7.92. The van der Waals surface area contributed by atoms with Gasteiger partial charge in [-0.25, -0.2) is 16.8 Å². The predicted molar refractivity (Wildman–Crippen MR) is 112 cm³/mol. The number of benzene rings is 3. The molecule has 2 atom stereocenters. The number of sulfonamides is 1. The Morgan fingerprint density at radius 2 is 1.55 bits per heavy atom. The predicted octanol–water partition coefficient (Wildman–Crippen LogP) is 2.19. The fraction of sp³-hybridized carbons (Fsp3) is 0.238. The van der Waals surface area contributed by atoms with Gasteiger partial charge in [0.15, 0.2) is 9.84 Å². The van der Waals surface area contributed by atoms with Gasteiger partial charge in [0, 0.05) is 6.54 Å². The largest absolute Gasteiger partial charge is 0.390 e. The quantitative estimate of drug-likeness (QED) is 0.669. The molecule has 1 aliphatic rings. The number of hydrogen-bond acceptors (Lipinski definition) is 5. The number of nitrogens with zero attached hydrogens (tertiary/aromatic N) is 1. The molecule has 0 unspecified atom stereocenters. The first-order valence-electron chi connectivity index (χ1n) is 9.19. The van der Waals surface area contributed by atoms with Crippen LogP contribution in [0, 0.1) is 0 Å². The molecule has 0 aliphatic carbocycles. The molecule has 3 aromatic rings. The molecule has 0 bridgehead atoms. The van der Waals surface area contributed by atoms with E-state index in [1.807, 2.05) is 30.3 Å². The molecule has 0 amide bonds. The van der Waals surface area contributed by atoms with E-state index in [-0.39, 0.29) is 11.4 Å². The lowest BCUT2D eigenvalue weighted by molar-refractivity contribution is 0.125. The Morgan fingerprint density at radius 3 is 2.21 bits per heavy atom. The van der Waals surface area contributed by atoms with Gasteiger partial charge in [-0.15, -0.1) is 0 Å². The zero-order valence-electron chi connectivity index (χ0n) is 15.5. The fourth-order valence-electron chi connectivity index (χ4n) is 3.69. The van der Waals surface area contributed by atoms with Crippen LogP contribution in [-0.2, 0) is 26.4 Å². The van der Waals surface area contributed by atoms with Gasteiger partial charge in [0.2, 0.25) is 10.0 Å². The Hall–Kier alpha value is -2.26. The molecular weight excluding hydrogens is 410 g/mol. The van der Waals surface area contributed by atoms with Crippen molar-refractivity contribution in [1.29, 1.82) is 0 Å². The van der Waals surface area contributed by atoms with Crippen molar-refractivity contribution in [3.63, 3.8) is 0 Å². The summed E-state index contributed by atoms with van der Waals surface area (Å²) in [6.07, 6.45) is -1.26. The van der Waals surface area contributed by atoms with E-state index in [1.165, 1.54) is 6.07 Å². The summed E-state index contributed by atoms with van der Waals surface area (Å²) in [5.74, 6) is -0.829. The second-order valence-electron chi connectivity index (χ2n) is 7.26. The van der Waals surface area contributed by atoms with Crippen LogP contribution in [0.1, 0.15) is 5.56 Å². The highest BCUT2D eigenvalue weighted by Gasteiger charge is 2.44. The minimum atomic E-state index is -4.05. The second-order valence-corrected chi connectivity index (χ2v) is 11.3. The van der Waals surface area contributed by atoms with E-state index in [1.54, 1.807) is 36.4 Å². The van der Waals surface area contributed by atoms with Crippen LogP contribution >= 0.6 is 0 Å². The Morgan fingerprint density at radius 1 is 0.897 bits per heavy atom. The molecule has 29 heavy (non-hydrogen) atoms. The van der Waals surface area contributed by atoms with E-state index >= 15 is 0 Å². The van der Waals surface area contributed by atoms with Gasteiger partial charge >= 0.3 is 0 Å². The van der Waals surface area contributed by atoms with Crippen LogP contribution in [-0.4, -0.2) is 49.9 Å². The van der Waals surface area contributed by atoms with Gasteiger partial charge in [0.1, 0.15) is 0 Å². The molecule has 1 aliphatic heterocycles. The van der Waals surface area contributed by atoms with Gasteiger partial charge in [-0.05, 0) is 28.5 Å². The van der Waals surface area contributed by atoms with Crippen molar-refractivity contribution in [1.82, 2.24) is 4.31 Å². The van der Waals surface area contributed by atoms with E-state index in [2.05, 4.69) is 0 Å². The summed E-state index contributed by atoms with van der Waals surface area (Å²) in [6, 6.07) is 20.2. The first-order chi connectivity index (χ1) is 13.8. The lowest BCUT2D eigenvalue weighted by atomic mass is 10.1. The molecule has 4 rings (SSSR count). The number of fused-ring (bicyclic) bond motifs is 1. The molecule has 1 heterocycles. The first kappa shape index (κ1) is 20.0. The molecular formula is C21H21NO5S2. The van der Waals surface area contributed by atoms with Crippen molar-refractivity contribution in [2.24, 2.45) is 0 Å². The van der Waals surface area contributed by atoms with Gasteiger partial charge in [-0.2, -0.15) is 4.31 Å². The molecule has 6 nitrogen and oxygen atoms in total. The Labute approximate surface area is 170 Å². The minimum absolute atomic E-state index is 0.0206. The normalized spacial score (nSPS) is 21.6. The molecule has 1 fully saturated rings. The average Bonchev–Trinajstić information content (AvgIpc) is 2.98. The first-order valence-corrected chi connectivity index (χ1v) is 12.5. The summed E-state index contributed by atoms with van der Waals surface area (Å²) in [7, 11) is -7.56. The van der Waals surface area contributed by atoms with Crippen molar-refractivity contribution in [3.8, 4) is 0 Å². The number of aliphatic hydroxyl groups excluding tert-OH is 1. The summed E-state index contributed by atoms with van der Waals surface area (Å²) < 4.78 is 52.3. The van der Waals surface area contributed by atoms with Crippen LogP contribution < -0.4 is 0 Å². The van der Waals surface area contributed by atoms with Crippen molar-refractivity contribution in [2.45, 2.75) is 23.6 Å². The Kier molecular flexibility index (Phi) is 5.20. The topological polar surface area (TPSA) is 91.8 Å². The summed E-state index contributed by atoms with van der Waals surface area (Å²) in [5.41, 5.74) is 0.716. The Balaban J connectivity index is 1.80. The maximum atomic E-state index is 13.5. The van der Waals surface area contributed by atoms with Crippen LogP contribution in [0.2, 0.25) is 0 Å². The molecule has 3 aromatic carbocycles. The summed E-state index contributed by atoms with van der Waals surface area (Å²) in [6.45, 7) is -0.0206. The standard InChI is InChI=1S/C21H21NO5S2/c23-21-15-28(24,25)14-20(21)22(13-16-6-2-1-3-7-16)29(26,27)19-11-10-17-8-4-5-9-18(17)12-19/h1-12,20-21,23H,13-15H2/t20-,21+/m0/s1. The maximum Gasteiger partial charge on any atom is 0.243 e. The van der Waals surface area contributed by atoms with Gasteiger partial charge in [0.25, 0.3) is 0 Å². The molecule has 0 spiro atoms. The highest BCUT2D eigenvalue weighted by atomic mass is 32.2. The lowest BCUT2D eigenvalue weighted by Gasteiger charge is -2.29. The smallest absolute Gasteiger partial charge is 0.243 e. The van der Waals surface area contributed by atoms with Crippen molar-refractivity contribution < 1.29 is 21.9 Å². The zero-order chi connectivity index (χ0) is 20.6. The molecule has 8 heteroatoms. The number of aliphatic hydroxyl groups is 1. The van der Waals surface area contributed by atoms with Crippen LogP contribution in [0.25, 0.3) is 10.8 Å². The molecule has 152 valence electrons. The Bertz CT molecular complexity index is 1240. The lowest BCUT2D eigenvalue weighted by Crippen LogP contribution is -2.46. The summed E-state index contributed by atoms with van der Waals surface area (Å²) in [5, 5.41) is 12.0. The third kappa shape index (κ3) is 4.06. The second kappa shape index (κ2) is 7.53. The van der Waals surface area contributed by atoms with Crippen LogP contribution in [0.15, 0.2) is 77.7 Å². The molecule has 1 N–H and O–H groups in total. The van der Waals surface area contributed by atoms with E-state index < -0.39 is 43.5 Å². The maximum absolute atomic E-state index is 13.5. The van der Waals surface area contributed by atoms with Gasteiger partial charge < -0.3 is 5.11 Å². The third-order valence-electron chi connectivity index (χ3n) is 5.17. The summed E-state index contributed by atoms with van der Waals surface area (Å²) >= 11 is 0. The van der Waals surface area contributed by atoms with E-state index in [0.29, 0.717) is 5.56 Å². The monoisotopic (exact) mass is 431 g/mol. The third-order valence-corrected chi connectivity index (χ3v) is 8.74. The fourth-order valence-corrected chi connectivity index (χ4v) is 7.27. The van der Waals surface area contributed by atoms with Crippen molar-refractivity contribution in [2.75, 3.05) is 11.5 Å². The van der Waals surface area contributed by atoms with E-state index in [9.17, 15) is 21.9 Å². The summed E-state index contributed by atoms with van der Waals surface area (Å²) in [4.78, 5) is 0.0728. The minimum Gasteiger partial charge on any atom is -0.390 e. The van der Waals surface area contributed by atoms with Crippen LogP contribution in [0.3, 0.4) is 0 Å². The van der Waals surface area contributed by atoms with Gasteiger partial charge in [-0.1, -0.05) is 60.7 Å². The highest BCUT2D eigenvalue weighted by Crippen LogP contribution is 2.29. The van der Waals surface area contributed by atoms with Crippen molar-refractivity contribution in [3.05, 3.63) is 78.4 Å². The molecule has 1 saturated heterocycles. The van der Waals surface area contributed by atoms with E-state index in [4.69, 9.17) is 0 Å². The van der Waals surface area contributed by atoms with Gasteiger partial charge in [-0.3, -0.25) is 0 Å². The SMILES string of the molecule is O=S1(=O)C[C@@H](O)[C@@H](N(Cc2ccccc2)S(=O)(=O)c2ccc3ccccc3c2)C1. The number of hydrogen-bond donors (Lipinski definition) is 1.